The van der Waals surface area contributed by atoms with Crippen molar-refractivity contribution < 1.29 is 17.9 Å². The van der Waals surface area contributed by atoms with Gasteiger partial charge in [-0.15, -0.1) is 0 Å². The van der Waals surface area contributed by atoms with Gasteiger partial charge in [0, 0.05) is 18.7 Å². The Kier molecular flexibility index (Phi) is 6.38. The summed E-state index contributed by atoms with van der Waals surface area (Å²) >= 11 is 0. The van der Waals surface area contributed by atoms with Crippen LogP contribution >= 0.6 is 0 Å². The number of rotatable bonds is 6. The molecule has 1 heterocycles. The van der Waals surface area contributed by atoms with Crippen molar-refractivity contribution in [2.45, 2.75) is 44.9 Å². The van der Waals surface area contributed by atoms with Gasteiger partial charge < -0.3 is 10.1 Å². The molecule has 1 aliphatic rings. The van der Waals surface area contributed by atoms with Crippen LogP contribution in [0.2, 0.25) is 0 Å². The van der Waals surface area contributed by atoms with Crippen molar-refractivity contribution in [1.29, 1.82) is 0 Å². The first kappa shape index (κ1) is 15.7. The molecule has 0 aliphatic carbocycles. The zero-order chi connectivity index (χ0) is 13.6. The van der Waals surface area contributed by atoms with Crippen molar-refractivity contribution in [2.24, 2.45) is 0 Å². The second-order valence-electron chi connectivity index (χ2n) is 4.67. The van der Waals surface area contributed by atoms with Crippen LogP contribution in [0.5, 0.6) is 0 Å². The van der Waals surface area contributed by atoms with Gasteiger partial charge in [-0.05, 0) is 25.9 Å². The van der Waals surface area contributed by atoms with Crippen molar-refractivity contribution in [3.63, 3.8) is 0 Å². The summed E-state index contributed by atoms with van der Waals surface area (Å²) in [4.78, 5) is 1.46. The van der Waals surface area contributed by atoms with Gasteiger partial charge in [-0.25, -0.2) is 0 Å². The maximum atomic E-state index is 12.5. The number of alkyl halides is 3. The zero-order valence-electron chi connectivity index (χ0n) is 11.1. The predicted octanol–water partition coefficient (Wildman–Crippen LogP) is 2.03. The lowest BCUT2D eigenvalue weighted by Gasteiger charge is -2.40. The van der Waals surface area contributed by atoms with Gasteiger partial charge >= 0.3 is 6.18 Å². The Labute approximate surface area is 107 Å². The Hall–Kier alpha value is -0.330. The SMILES string of the molecule is CCCNC1CCOCC1N(CC)CC(F)(F)F. The molecule has 108 valence electrons. The van der Waals surface area contributed by atoms with E-state index in [1.165, 1.54) is 4.90 Å². The molecule has 1 rings (SSSR count). The molecule has 0 amide bonds. The predicted molar refractivity (Wildman–Crippen MR) is 64.6 cm³/mol. The third-order valence-electron chi connectivity index (χ3n) is 3.24. The Bertz CT molecular complexity index is 236. The van der Waals surface area contributed by atoms with Gasteiger partial charge in [0.2, 0.25) is 0 Å². The lowest BCUT2D eigenvalue weighted by molar-refractivity contribution is -0.157. The molecule has 1 fully saturated rings. The Morgan fingerprint density at radius 2 is 2.06 bits per heavy atom. The summed E-state index contributed by atoms with van der Waals surface area (Å²) in [6.07, 6.45) is -2.39. The minimum Gasteiger partial charge on any atom is -0.380 e. The van der Waals surface area contributed by atoms with Crippen molar-refractivity contribution in [2.75, 3.05) is 32.8 Å². The topological polar surface area (TPSA) is 24.5 Å². The number of nitrogens with one attached hydrogen (secondary N) is 1. The molecule has 0 radical (unpaired) electrons. The second-order valence-corrected chi connectivity index (χ2v) is 4.67. The van der Waals surface area contributed by atoms with E-state index in [1.54, 1.807) is 6.92 Å². The van der Waals surface area contributed by atoms with E-state index in [0.717, 1.165) is 19.4 Å². The van der Waals surface area contributed by atoms with Gasteiger partial charge in [-0.1, -0.05) is 13.8 Å². The van der Waals surface area contributed by atoms with E-state index in [2.05, 4.69) is 12.2 Å². The van der Waals surface area contributed by atoms with Gasteiger partial charge in [0.15, 0.2) is 0 Å². The summed E-state index contributed by atoms with van der Waals surface area (Å²) in [7, 11) is 0. The molecule has 1 aliphatic heterocycles. The monoisotopic (exact) mass is 268 g/mol. The van der Waals surface area contributed by atoms with Crippen LogP contribution in [-0.2, 0) is 4.74 Å². The van der Waals surface area contributed by atoms with E-state index in [0.29, 0.717) is 19.8 Å². The van der Waals surface area contributed by atoms with Gasteiger partial charge in [-0.2, -0.15) is 13.2 Å². The van der Waals surface area contributed by atoms with Crippen LogP contribution in [-0.4, -0.2) is 56.0 Å². The summed E-state index contributed by atoms with van der Waals surface area (Å²) in [5, 5.41) is 3.33. The summed E-state index contributed by atoms with van der Waals surface area (Å²) in [5.41, 5.74) is 0. The fraction of sp³-hybridized carbons (Fsp3) is 1.00. The van der Waals surface area contributed by atoms with Crippen molar-refractivity contribution in [1.82, 2.24) is 10.2 Å². The highest BCUT2D eigenvalue weighted by molar-refractivity contribution is 4.87. The number of hydrogen-bond acceptors (Lipinski definition) is 3. The van der Waals surface area contributed by atoms with Crippen LogP contribution in [0.1, 0.15) is 26.7 Å². The van der Waals surface area contributed by atoms with Crippen LogP contribution < -0.4 is 5.32 Å². The third kappa shape index (κ3) is 5.12. The van der Waals surface area contributed by atoms with E-state index < -0.39 is 12.7 Å². The minimum atomic E-state index is -4.15. The van der Waals surface area contributed by atoms with E-state index in [9.17, 15) is 13.2 Å². The van der Waals surface area contributed by atoms with Crippen LogP contribution in [0.3, 0.4) is 0 Å². The van der Waals surface area contributed by atoms with Crippen LogP contribution in [0.15, 0.2) is 0 Å². The van der Waals surface area contributed by atoms with Crippen LogP contribution in [0.25, 0.3) is 0 Å². The molecular formula is C12H23F3N2O. The lowest BCUT2D eigenvalue weighted by Crippen LogP contribution is -2.57. The van der Waals surface area contributed by atoms with Gasteiger partial charge in [0.05, 0.1) is 13.2 Å². The zero-order valence-corrected chi connectivity index (χ0v) is 11.1. The fourth-order valence-corrected chi connectivity index (χ4v) is 2.34. The summed E-state index contributed by atoms with van der Waals surface area (Å²) in [5.74, 6) is 0. The molecule has 0 saturated carbocycles. The van der Waals surface area contributed by atoms with E-state index in [-0.39, 0.29) is 12.1 Å². The molecule has 0 bridgehead atoms. The molecule has 0 spiro atoms. The fourth-order valence-electron chi connectivity index (χ4n) is 2.34. The van der Waals surface area contributed by atoms with Crippen molar-refractivity contribution in [3.05, 3.63) is 0 Å². The van der Waals surface area contributed by atoms with Crippen molar-refractivity contribution in [3.8, 4) is 0 Å². The highest BCUT2D eigenvalue weighted by Crippen LogP contribution is 2.21. The molecule has 2 unspecified atom stereocenters. The Morgan fingerprint density at radius 3 is 2.61 bits per heavy atom. The Balaban J connectivity index is 2.61. The molecule has 0 aromatic rings. The van der Waals surface area contributed by atoms with Gasteiger partial charge in [0.25, 0.3) is 0 Å². The molecule has 2 atom stereocenters. The molecule has 0 aromatic carbocycles. The first-order valence-electron chi connectivity index (χ1n) is 6.59. The number of halogens is 3. The van der Waals surface area contributed by atoms with Crippen LogP contribution in [0.4, 0.5) is 13.2 Å². The highest BCUT2D eigenvalue weighted by atomic mass is 19.4. The normalized spacial score (nSPS) is 25.7. The average Bonchev–Trinajstić information content (AvgIpc) is 2.33. The molecule has 18 heavy (non-hydrogen) atoms. The third-order valence-corrected chi connectivity index (χ3v) is 3.24. The number of ether oxygens (including phenoxy) is 1. The summed E-state index contributed by atoms with van der Waals surface area (Å²) in [6, 6.07) is -0.0853. The van der Waals surface area contributed by atoms with Gasteiger partial charge in [-0.3, -0.25) is 4.90 Å². The smallest absolute Gasteiger partial charge is 0.380 e. The molecule has 6 heteroatoms. The molecule has 1 saturated heterocycles. The standard InChI is InChI=1S/C12H23F3N2O/c1-3-6-16-10-5-7-18-8-11(10)17(4-2)9-12(13,14)15/h10-11,16H,3-9H2,1-2H3. The van der Waals surface area contributed by atoms with Gasteiger partial charge in [0.1, 0.15) is 0 Å². The quantitative estimate of drug-likeness (QED) is 0.797. The first-order valence-corrected chi connectivity index (χ1v) is 6.59. The molecular weight excluding hydrogens is 245 g/mol. The first-order chi connectivity index (χ1) is 8.48. The largest absolute Gasteiger partial charge is 0.401 e. The number of likely N-dealkylation sites (N-methyl/N-ethyl adjacent to an activating group) is 1. The lowest BCUT2D eigenvalue weighted by atomic mass is 10.0. The maximum Gasteiger partial charge on any atom is 0.401 e. The molecule has 0 aromatic heterocycles. The average molecular weight is 268 g/mol. The summed E-state index contributed by atoms with van der Waals surface area (Å²) < 4.78 is 42.9. The summed E-state index contributed by atoms with van der Waals surface area (Å²) in [6.45, 7) is 5.18. The van der Waals surface area contributed by atoms with Crippen LogP contribution in [0, 0.1) is 0 Å². The molecule has 3 nitrogen and oxygen atoms in total. The minimum absolute atomic E-state index is 0.0981. The maximum absolute atomic E-state index is 12.5. The number of hydrogen-bond donors (Lipinski definition) is 1. The second kappa shape index (κ2) is 7.31. The highest BCUT2D eigenvalue weighted by Gasteiger charge is 2.37. The van der Waals surface area contributed by atoms with E-state index in [4.69, 9.17) is 4.74 Å². The number of nitrogens with zero attached hydrogens (tertiary/aromatic N) is 1. The van der Waals surface area contributed by atoms with E-state index in [1.807, 2.05) is 0 Å². The Morgan fingerprint density at radius 1 is 1.33 bits per heavy atom. The van der Waals surface area contributed by atoms with E-state index >= 15 is 0 Å². The molecule has 1 N–H and O–H groups in total. The van der Waals surface area contributed by atoms with Crippen molar-refractivity contribution >= 4 is 0 Å².